The van der Waals surface area contributed by atoms with Crippen LogP contribution in [-0.2, 0) is 17.3 Å². The van der Waals surface area contributed by atoms with Crippen LogP contribution in [0.1, 0.15) is 55.6 Å². The highest BCUT2D eigenvalue weighted by molar-refractivity contribution is 9.10. The predicted octanol–water partition coefficient (Wildman–Crippen LogP) is 5.16. The number of nitrogen functional groups attached to an aromatic ring is 1. The first kappa shape index (κ1) is 27.7. The van der Waals surface area contributed by atoms with Crippen LogP contribution in [0.25, 0.3) is 0 Å². The number of aromatic nitrogens is 3. The highest BCUT2D eigenvalue weighted by atomic mass is 79.9. The molecule has 0 amide bonds. The van der Waals surface area contributed by atoms with Gasteiger partial charge in [-0.2, -0.15) is 13.2 Å². The van der Waals surface area contributed by atoms with Crippen molar-refractivity contribution in [1.29, 1.82) is 0 Å². The topological polar surface area (TPSA) is 120 Å². The van der Waals surface area contributed by atoms with Crippen molar-refractivity contribution in [3.63, 3.8) is 0 Å². The lowest BCUT2D eigenvalue weighted by atomic mass is 10.0. The summed E-state index contributed by atoms with van der Waals surface area (Å²) in [7, 11) is 1.46. The number of anilines is 2. The second kappa shape index (κ2) is 11.9. The molecule has 0 fully saturated rings. The Morgan fingerprint density at radius 3 is 2.67 bits per heavy atom. The van der Waals surface area contributed by atoms with Gasteiger partial charge in [0.05, 0.1) is 26.5 Å². The van der Waals surface area contributed by atoms with E-state index >= 15 is 0 Å². The van der Waals surface area contributed by atoms with E-state index in [2.05, 4.69) is 36.2 Å². The number of benzene rings is 1. The molecule has 1 atom stereocenters. The summed E-state index contributed by atoms with van der Waals surface area (Å²) < 4.78 is 45.8. The quantitative estimate of drug-likeness (QED) is 0.234. The average Bonchev–Trinajstić information content (AvgIpc) is 3.32. The number of nitrogens with zero attached hydrogens (tertiary/aromatic N) is 3. The number of carbonyl (C=O) groups excluding carboxylic acids is 2. The Morgan fingerprint density at radius 1 is 1.22 bits per heavy atom. The molecule has 0 saturated carbocycles. The van der Waals surface area contributed by atoms with Gasteiger partial charge in [0.2, 0.25) is 0 Å². The van der Waals surface area contributed by atoms with Gasteiger partial charge in [-0.05, 0) is 33.6 Å². The number of ether oxygens (including phenoxy) is 1. The van der Waals surface area contributed by atoms with Crippen LogP contribution in [0.2, 0.25) is 0 Å². The summed E-state index contributed by atoms with van der Waals surface area (Å²) in [6.45, 7) is 2.25. The maximum Gasteiger partial charge on any atom is 0.418 e. The average molecular weight is 586 g/mol. The number of thiazole rings is 1. The standard InChI is InChI=1S/C23H23BrF3N5O3S/c1-12(7-17(34)20-19(24)21(28)32-11-31-20)22-30-10-18(36-22)16(33)9-13-3-4-15(29-5-6-35-2)14(8-13)23(25,26)27/h3-4,8,10-12,29H,5-7,9H2,1-2H3,(H2,28,31,32). The number of hydrogen-bond acceptors (Lipinski definition) is 9. The van der Waals surface area contributed by atoms with Crippen molar-refractivity contribution in [2.75, 3.05) is 31.3 Å². The number of alkyl halides is 3. The zero-order valence-electron chi connectivity index (χ0n) is 19.4. The third-order valence-electron chi connectivity index (χ3n) is 5.17. The number of nitrogens with one attached hydrogen (secondary N) is 1. The van der Waals surface area contributed by atoms with Crippen molar-refractivity contribution in [2.45, 2.75) is 31.9 Å². The summed E-state index contributed by atoms with van der Waals surface area (Å²) in [5.74, 6) is -0.806. The maximum atomic E-state index is 13.6. The minimum absolute atomic E-state index is 0.0721. The summed E-state index contributed by atoms with van der Waals surface area (Å²) >= 11 is 4.32. The predicted molar refractivity (Wildman–Crippen MR) is 133 cm³/mol. The molecule has 0 aliphatic rings. The first-order valence-electron chi connectivity index (χ1n) is 10.7. The molecule has 192 valence electrons. The summed E-state index contributed by atoms with van der Waals surface area (Å²) in [5.41, 5.74) is 5.16. The lowest BCUT2D eigenvalue weighted by Gasteiger charge is -2.15. The van der Waals surface area contributed by atoms with Crippen LogP contribution in [0.15, 0.2) is 35.2 Å². The monoisotopic (exact) mass is 585 g/mol. The van der Waals surface area contributed by atoms with E-state index in [1.807, 2.05) is 0 Å². The van der Waals surface area contributed by atoms with E-state index < -0.39 is 11.7 Å². The van der Waals surface area contributed by atoms with Gasteiger partial charge in [-0.25, -0.2) is 15.0 Å². The Balaban J connectivity index is 1.70. The lowest BCUT2D eigenvalue weighted by molar-refractivity contribution is -0.137. The van der Waals surface area contributed by atoms with Crippen LogP contribution in [0.3, 0.4) is 0 Å². The van der Waals surface area contributed by atoms with Crippen molar-refractivity contribution >= 4 is 50.3 Å². The number of hydrogen-bond donors (Lipinski definition) is 2. The minimum atomic E-state index is -4.59. The fourth-order valence-corrected chi connectivity index (χ4v) is 4.67. The molecular weight excluding hydrogens is 563 g/mol. The van der Waals surface area contributed by atoms with Gasteiger partial charge < -0.3 is 15.8 Å². The largest absolute Gasteiger partial charge is 0.418 e. The van der Waals surface area contributed by atoms with Crippen molar-refractivity contribution in [3.8, 4) is 0 Å². The number of methoxy groups -OCH3 is 1. The maximum absolute atomic E-state index is 13.6. The fraction of sp³-hybridized carbons (Fsp3) is 0.348. The van der Waals surface area contributed by atoms with E-state index in [-0.39, 0.29) is 66.2 Å². The highest BCUT2D eigenvalue weighted by Crippen LogP contribution is 2.36. The van der Waals surface area contributed by atoms with Crippen LogP contribution >= 0.6 is 27.3 Å². The lowest BCUT2D eigenvalue weighted by Crippen LogP contribution is -2.15. The van der Waals surface area contributed by atoms with Crippen LogP contribution in [0.4, 0.5) is 24.7 Å². The van der Waals surface area contributed by atoms with Gasteiger partial charge >= 0.3 is 6.18 Å². The molecular formula is C23H23BrF3N5O3S. The molecule has 36 heavy (non-hydrogen) atoms. The zero-order chi connectivity index (χ0) is 26.5. The molecule has 3 aromatic rings. The molecule has 2 heterocycles. The Labute approximate surface area is 217 Å². The van der Waals surface area contributed by atoms with E-state index in [9.17, 15) is 22.8 Å². The number of carbonyl (C=O) groups is 2. The molecule has 1 aromatic carbocycles. The molecule has 8 nitrogen and oxygen atoms in total. The third-order valence-corrected chi connectivity index (χ3v) is 7.22. The third kappa shape index (κ3) is 6.86. The molecule has 0 saturated heterocycles. The van der Waals surface area contributed by atoms with Gasteiger partial charge in [0, 0.05) is 44.3 Å². The first-order valence-corrected chi connectivity index (χ1v) is 12.3. The zero-order valence-corrected chi connectivity index (χ0v) is 21.8. The van der Waals surface area contributed by atoms with Gasteiger partial charge in [0.15, 0.2) is 11.6 Å². The minimum Gasteiger partial charge on any atom is -0.383 e. The van der Waals surface area contributed by atoms with Crippen LogP contribution in [0.5, 0.6) is 0 Å². The molecule has 0 spiro atoms. The normalized spacial score (nSPS) is 12.4. The van der Waals surface area contributed by atoms with Crippen LogP contribution in [-0.4, -0.2) is 46.8 Å². The molecule has 13 heteroatoms. The number of nitrogens with two attached hydrogens (primary N) is 1. The summed E-state index contributed by atoms with van der Waals surface area (Å²) in [4.78, 5) is 37.7. The Bertz CT molecular complexity index is 1250. The smallest absolute Gasteiger partial charge is 0.383 e. The van der Waals surface area contributed by atoms with Gasteiger partial charge in [-0.15, -0.1) is 11.3 Å². The molecule has 0 aliphatic carbocycles. The molecule has 0 bridgehead atoms. The van der Waals surface area contributed by atoms with Crippen molar-refractivity contribution in [1.82, 2.24) is 15.0 Å². The summed E-state index contributed by atoms with van der Waals surface area (Å²) in [6, 6.07) is 3.77. The summed E-state index contributed by atoms with van der Waals surface area (Å²) in [6.07, 6.45) is -2.15. The van der Waals surface area contributed by atoms with Gasteiger partial charge in [0.1, 0.15) is 17.8 Å². The SMILES string of the molecule is COCCNc1ccc(CC(=O)c2cnc(C(C)CC(=O)c3ncnc(N)c3Br)s2)cc1C(F)(F)F. The van der Waals surface area contributed by atoms with E-state index in [0.717, 1.165) is 17.4 Å². The highest BCUT2D eigenvalue weighted by Gasteiger charge is 2.34. The molecule has 3 N–H and O–H groups in total. The second-order valence-corrected chi connectivity index (χ2v) is 9.77. The first-order chi connectivity index (χ1) is 17.0. The molecule has 3 rings (SSSR count). The number of rotatable bonds is 11. The van der Waals surface area contributed by atoms with E-state index in [1.165, 1.54) is 31.8 Å². The molecule has 2 aromatic heterocycles. The number of halogens is 4. The number of ketones is 2. The fourth-order valence-electron chi connectivity index (χ4n) is 3.33. The van der Waals surface area contributed by atoms with Crippen molar-refractivity contribution < 1.29 is 27.5 Å². The van der Waals surface area contributed by atoms with Crippen molar-refractivity contribution in [2.24, 2.45) is 0 Å². The van der Waals surface area contributed by atoms with Gasteiger partial charge in [-0.3, -0.25) is 9.59 Å². The summed E-state index contributed by atoms with van der Waals surface area (Å²) in [5, 5.41) is 3.25. The molecule has 1 unspecified atom stereocenters. The van der Waals surface area contributed by atoms with Gasteiger partial charge in [0.25, 0.3) is 0 Å². The van der Waals surface area contributed by atoms with Gasteiger partial charge in [-0.1, -0.05) is 13.0 Å². The van der Waals surface area contributed by atoms with Crippen molar-refractivity contribution in [3.05, 3.63) is 61.9 Å². The Kier molecular flexibility index (Phi) is 9.14. The van der Waals surface area contributed by atoms with E-state index in [4.69, 9.17) is 10.5 Å². The number of Topliss-reactive ketones (excluding diaryl/α,β-unsaturated/α-hetero) is 2. The second-order valence-electron chi connectivity index (χ2n) is 7.91. The molecule has 0 radical (unpaired) electrons. The Hall–Kier alpha value is -2.90. The van der Waals surface area contributed by atoms with E-state index in [0.29, 0.717) is 14.4 Å². The molecule has 0 aliphatic heterocycles. The van der Waals surface area contributed by atoms with Crippen LogP contribution in [0, 0.1) is 0 Å². The Morgan fingerprint density at radius 2 is 1.97 bits per heavy atom. The van der Waals surface area contributed by atoms with Crippen LogP contribution < -0.4 is 11.1 Å². The van der Waals surface area contributed by atoms with E-state index in [1.54, 1.807) is 6.92 Å².